The number of ether oxygens (including phenoxy) is 1. The lowest BCUT2D eigenvalue weighted by Gasteiger charge is -2.18. The number of carbonyl (C=O) groups excluding carboxylic acids is 1. The van der Waals surface area contributed by atoms with Crippen LogP contribution in [0, 0.1) is 13.5 Å². The molecule has 0 fully saturated rings. The summed E-state index contributed by atoms with van der Waals surface area (Å²) in [7, 11) is 0. The highest BCUT2D eigenvalue weighted by Gasteiger charge is 2.14. The van der Waals surface area contributed by atoms with Crippen LogP contribution in [0.5, 0.6) is 0 Å². The van der Waals surface area contributed by atoms with Crippen LogP contribution in [0.3, 0.4) is 0 Å². The van der Waals surface area contributed by atoms with Crippen LogP contribution < -0.4 is 0 Å². The Morgan fingerprint density at radius 3 is 2.47 bits per heavy atom. The second-order valence-corrected chi connectivity index (χ2v) is 5.47. The van der Waals surface area contributed by atoms with Gasteiger partial charge in [0.05, 0.1) is 6.57 Å². The summed E-state index contributed by atoms with van der Waals surface area (Å²) in [6, 6.07) is 5.52. The molecule has 0 unspecified atom stereocenters. The van der Waals surface area contributed by atoms with Gasteiger partial charge in [0.2, 0.25) is 0 Å². The minimum Gasteiger partial charge on any atom is -0.457 e. The van der Waals surface area contributed by atoms with Gasteiger partial charge in [-0.25, -0.2) is 9.64 Å². The van der Waals surface area contributed by atoms with Crippen molar-refractivity contribution < 1.29 is 9.53 Å². The fourth-order valence-corrected chi connectivity index (χ4v) is 1.62. The maximum absolute atomic E-state index is 11.7. The van der Waals surface area contributed by atoms with Crippen molar-refractivity contribution in [2.24, 2.45) is 0 Å². The highest BCUT2D eigenvalue weighted by Crippen LogP contribution is 2.23. The number of aryl methyl sites for hydroxylation is 1. The summed E-state index contributed by atoms with van der Waals surface area (Å²) in [6.45, 7) is 16.3. The molecule has 0 spiro atoms. The molecule has 0 N–H and O–H groups in total. The van der Waals surface area contributed by atoms with E-state index in [-0.39, 0.29) is 5.97 Å². The first-order chi connectivity index (χ1) is 8.73. The van der Waals surface area contributed by atoms with Crippen molar-refractivity contribution in [2.75, 3.05) is 0 Å². The molecule has 100 valence electrons. The Morgan fingerprint density at radius 2 is 2.00 bits per heavy atom. The Labute approximate surface area is 114 Å². The van der Waals surface area contributed by atoms with Gasteiger partial charge in [-0.05, 0) is 51.3 Å². The van der Waals surface area contributed by atoms with Crippen molar-refractivity contribution in [3.8, 4) is 0 Å². The number of rotatable bonds is 2. The quantitative estimate of drug-likeness (QED) is 0.449. The van der Waals surface area contributed by atoms with Gasteiger partial charge in [0.15, 0.2) is 5.69 Å². The molecule has 0 bridgehead atoms. The molecule has 19 heavy (non-hydrogen) atoms. The number of hydrogen-bond acceptors (Lipinski definition) is 2. The van der Waals surface area contributed by atoms with Crippen LogP contribution in [-0.4, -0.2) is 11.6 Å². The molecule has 0 aromatic heterocycles. The predicted octanol–water partition coefficient (Wildman–Crippen LogP) is 4.29. The van der Waals surface area contributed by atoms with E-state index >= 15 is 0 Å². The lowest BCUT2D eigenvalue weighted by atomic mass is 10.0. The molecule has 0 heterocycles. The molecule has 0 amide bonds. The Hall–Kier alpha value is -2.08. The fourth-order valence-electron chi connectivity index (χ4n) is 1.62. The molecule has 0 saturated heterocycles. The highest BCUT2D eigenvalue weighted by atomic mass is 16.6. The average Bonchev–Trinajstić information content (AvgIpc) is 2.26. The molecule has 0 aliphatic carbocycles. The summed E-state index contributed by atoms with van der Waals surface area (Å²) in [4.78, 5) is 15.1. The number of esters is 1. The van der Waals surface area contributed by atoms with Gasteiger partial charge in [0.25, 0.3) is 0 Å². The van der Waals surface area contributed by atoms with E-state index in [1.165, 1.54) is 6.08 Å². The van der Waals surface area contributed by atoms with Crippen molar-refractivity contribution in [3.63, 3.8) is 0 Å². The van der Waals surface area contributed by atoms with Gasteiger partial charge in [0.1, 0.15) is 5.60 Å². The normalized spacial score (nSPS) is 11.9. The molecule has 1 rings (SSSR count). The van der Waals surface area contributed by atoms with E-state index in [0.717, 1.165) is 16.7 Å². The molecule has 1 aromatic carbocycles. The molecule has 1 aromatic rings. The number of allylic oxidation sites excluding steroid dienone is 1. The van der Waals surface area contributed by atoms with Crippen LogP contribution in [0.4, 0.5) is 5.69 Å². The molecule has 0 saturated carbocycles. The first-order valence-electron chi connectivity index (χ1n) is 6.12. The monoisotopic (exact) mass is 257 g/mol. The van der Waals surface area contributed by atoms with Gasteiger partial charge in [-0.1, -0.05) is 18.2 Å². The smallest absolute Gasteiger partial charge is 0.331 e. The minimum atomic E-state index is -0.488. The third kappa shape index (κ3) is 4.59. The van der Waals surface area contributed by atoms with Crippen molar-refractivity contribution in [2.45, 2.75) is 40.2 Å². The van der Waals surface area contributed by atoms with Gasteiger partial charge in [-0.15, -0.1) is 0 Å². The van der Waals surface area contributed by atoms with E-state index in [9.17, 15) is 4.79 Å². The lowest BCUT2D eigenvalue weighted by molar-refractivity contribution is -0.148. The molecule has 0 atom stereocenters. The molecular formula is C16H19NO2. The van der Waals surface area contributed by atoms with E-state index in [1.807, 2.05) is 46.8 Å². The first kappa shape index (κ1) is 15.0. The number of hydrogen-bond donors (Lipinski definition) is 0. The van der Waals surface area contributed by atoms with Gasteiger partial charge in [-0.2, -0.15) is 0 Å². The second-order valence-electron chi connectivity index (χ2n) is 5.47. The molecule has 3 heteroatoms. The zero-order chi connectivity index (χ0) is 14.6. The maximum Gasteiger partial charge on any atom is 0.331 e. The second kappa shape index (κ2) is 5.71. The summed E-state index contributed by atoms with van der Waals surface area (Å²) in [5.74, 6) is -0.350. The van der Waals surface area contributed by atoms with Crippen LogP contribution in [0.2, 0.25) is 0 Å². The minimum absolute atomic E-state index is 0.350. The van der Waals surface area contributed by atoms with E-state index in [1.54, 1.807) is 6.07 Å². The van der Waals surface area contributed by atoms with Crippen molar-refractivity contribution in [1.82, 2.24) is 0 Å². The zero-order valence-corrected chi connectivity index (χ0v) is 12.1. The predicted molar refractivity (Wildman–Crippen MR) is 76.9 cm³/mol. The summed E-state index contributed by atoms with van der Waals surface area (Å²) in [5.41, 5.74) is 2.81. The zero-order valence-electron chi connectivity index (χ0n) is 12.1. The van der Waals surface area contributed by atoms with E-state index < -0.39 is 5.60 Å². The third-order valence-corrected chi connectivity index (χ3v) is 2.51. The lowest BCUT2D eigenvalue weighted by Crippen LogP contribution is -2.22. The fraction of sp³-hybridized carbons (Fsp3) is 0.375. The van der Waals surface area contributed by atoms with Crippen molar-refractivity contribution in [3.05, 3.63) is 46.8 Å². The standard InChI is InChI=1S/C16H19NO2/c1-11(10-15(18)19-16(3,4)5)13-7-8-14(17-6)12(2)9-13/h7-10H,1-5H3/b11-10+. The molecule has 3 nitrogen and oxygen atoms in total. The Balaban J connectivity index is 2.95. The SMILES string of the molecule is [C-]#[N+]c1ccc(/C(C)=C/C(=O)OC(C)(C)C)cc1C. The Kier molecular flexibility index (Phi) is 4.50. The van der Waals surface area contributed by atoms with Gasteiger partial charge in [0, 0.05) is 6.08 Å². The highest BCUT2D eigenvalue weighted by molar-refractivity contribution is 5.91. The largest absolute Gasteiger partial charge is 0.457 e. The number of nitrogens with zero attached hydrogens (tertiary/aromatic N) is 1. The first-order valence-corrected chi connectivity index (χ1v) is 6.12. The summed E-state index contributed by atoms with van der Waals surface area (Å²) >= 11 is 0. The summed E-state index contributed by atoms with van der Waals surface area (Å²) in [5, 5.41) is 0. The average molecular weight is 257 g/mol. The van der Waals surface area contributed by atoms with E-state index in [4.69, 9.17) is 11.3 Å². The maximum atomic E-state index is 11.7. The van der Waals surface area contributed by atoms with E-state index in [0.29, 0.717) is 5.69 Å². The van der Waals surface area contributed by atoms with Crippen LogP contribution in [-0.2, 0) is 9.53 Å². The van der Waals surface area contributed by atoms with Crippen LogP contribution in [0.1, 0.15) is 38.8 Å². The Morgan fingerprint density at radius 1 is 1.37 bits per heavy atom. The van der Waals surface area contributed by atoms with Crippen molar-refractivity contribution >= 4 is 17.2 Å². The van der Waals surface area contributed by atoms with Gasteiger partial charge >= 0.3 is 5.97 Å². The molecule has 0 radical (unpaired) electrons. The van der Waals surface area contributed by atoms with Crippen LogP contribution >= 0.6 is 0 Å². The molecule has 0 aliphatic rings. The van der Waals surface area contributed by atoms with Crippen molar-refractivity contribution in [1.29, 1.82) is 0 Å². The van der Waals surface area contributed by atoms with Crippen LogP contribution in [0.15, 0.2) is 24.3 Å². The van der Waals surface area contributed by atoms with Gasteiger partial charge < -0.3 is 4.74 Å². The summed E-state index contributed by atoms with van der Waals surface area (Å²) in [6.07, 6.45) is 1.48. The third-order valence-electron chi connectivity index (χ3n) is 2.51. The molecular weight excluding hydrogens is 238 g/mol. The van der Waals surface area contributed by atoms with Crippen LogP contribution in [0.25, 0.3) is 10.4 Å². The van der Waals surface area contributed by atoms with Gasteiger partial charge in [-0.3, -0.25) is 0 Å². The van der Waals surface area contributed by atoms with E-state index in [2.05, 4.69) is 4.85 Å². The summed E-state index contributed by atoms with van der Waals surface area (Å²) < 4.78 is 5.24. The Bertz CT molecular complexity index is 557. The topological polar surface area (TPSA) is 30.7 Å². The number of carbonyl (C=O) groups is 1. The number of benzene rings is 1. The molecule has 0 aliphatic heterocycles.